The molecule has 0 unspecified atom stereocenters. The Hall–Kier alpha value is -2.67. The molecule has 0 fully saturated rings. The fraction of sp³-hybridized carbons (Fsp3) is 0.118. The summed E-state index contributed by atoms with van der Waals surface area (Å²) in [4.78, 5) is 13.7. The van der Waals surface area contributed by atoms with Gasteiger partial charge in [0, 0.05) is 18.2 Å². The lowest BCUT2D eigenvalue weighted by atomic mass is 10.1. The second-order valence-electron chi connectivity index (χ2n) is 4.74. The third-order valence-electron chi connectivity index (χ3n) is 3.32. The number of carbonyl (C=O) groups is 1. The first-order valence-electron chi connectivity index (χ1n) is 6.46. The van der Waals surface area contributed by atoms with Crippen molar-refractivity contribution in [3.63, 3.8) is 0 Å². The molecule has 21 heavy (non-hydrogen) atoms. The maximum Gasteiger partial charge on any atom is 0.255 e. The van der Waals surface area contributed by atoms with Crippen LogP contribution in [0, 0.1) is 23.5 Å². The highest BCUT2D eigenvalue weighted by atomic mass is 19.1. The predicted molar refractivity (Wildman–Crippen MR) is 74.4 cm³/mol. The van der Waals surface area contributed by atoms with Crippen LogP contribution in [0.5, 0.6) is 0 Å². The lowest BCUT2D eigenvalue weighted by molar-refractivity contribution is 0.0799. The van der Waals surface area contributed by atoms with Crippen molar-refractivity contribution in [1.29, 1.82) is 0 Å². The van der Waals surface area contributed by atoms with Gasteiger partial charge in [0.05, 0.1) is 12.1 Å². The standard InChI is InChI=1S/C17H11F2NO/c18-14-8-7-12(16(19)10-14)5-3-9-20-11-13-4-1-2-6-15(13)17(20)21/h1-2,4,6-8,10H,9,11H2. The molecule has 0 aliphatic carbocycles. The van der Waals surface area contributed by atoms with Crippen LogP contribution in [-0.4, -0.2) is 17.4 Å². The summed E-state index contributed by atoms with van der Waals surface area (Å²) >= 11 is 0. The van der Waals surface area contributed by atoms with E-state index in [4.69, 9.17) is 0 Å². The molecule has 2 aromatic rings. The van der Waals surface area contributed by atoms with Crippen molar-refractivity contribution in [2.45, 2.75) is 6.54 Å². The van der Waals surface area contributed by atoms with E-state index in [1.54, 1.807) is 11.0 Å². The fourth-order valence-corrected chi connectivity index (χ4v) is 2.26. The van der Waals surface area contributed by atoms with Gasteiger partial charge in [0.25, 0.3) is 5.91 Å². The highest BCUT2D eigenvalue weighted by Crippen LogP contribution is 2.21. The van der Waals surface area contributed by atoms with Crippen LogP contribution < -0.4 is 0 Å². The number of nitrogens with zero attached hydrogens (tertiary/aromatic N) is 1. The van der Waals surface area contributed by atoms with Crippen LogP contribution in [0.3, 0.4) is 0 Å². The van der Waals surface area contributed by atoms with Gasteiger partial charge in [0.1, 0.15) is 11.6 Å². The van der Waals surface area contributed by atoms with Gasteiger partial charge in [-0.05, 0) is 23.8 Å². The minimum Gasteiger partial charge on any atom is -0.323 e. The monoisotopic (exact) mass is 283 g/mol. The van der Waals surface area contributed by atoms with Gasteiger partial charge in [-0.1, -0.05) is 30.0 Å². The number of rotatable bonds is 1. The molecule has 1 heterocycles. The SMILES string of the molecule is O=C1c2ccccc2CN1CC#Cc1ccc(F)cc1F. The van der Waals surface area contributed by atoms with Crippen molar-refractivity contribution >= 4 is 5.91 Å². The van der Waals surface area contributed by atoms with Crippen molar-refractivity contribution in [2.24, 2.45) is 0 Å². The number of hydrogen-bond acceptors (Lipinski definition) is 1. The molecule has 0 radical (unpaired) electrons. The first-order chi connectivity index (χ1) is 10.1. The van der Waals surface area contributed by atoms with Gasteiger partial charge in [0.15, 0.2) is 0 Å². The Morgan fingerprint density at radius 2 is 1.95 bits per heavy atom. The van der Waals surface area contributed by atoms with E-state index in [1.165, 1.54) is 6.07 Å². The summed E-state index contributed by atoms with van der Waals surface area (Å²) in [7, 11) is 0. The maximum atomic E-state index is 13.4. The van der Waals surface area contributed by atoms with E-state index < -0.39 is 11.6 Å². The number of hydrogen-bond donors (Lipinski definition) is 0. The molecule has 1 aliphatic heterocycles. The smallest absolute Gasteiger partial charge is 0.255 e. The Morgan fingerprint density at radius 1 is 1.14 bits per heavy atom. The Kier molecular flexibility index (Phi) is 3.41. The number of benzene rings is 2. The summed E-state index contributed by atoms with van der Waals surface area (Å²) in [5.74, 6) is 3.99. The molecule has 0 bridgehead atoms. The molecule has 0 spiro atoms. The molecule has 2 aromatic carbocycles. The molecule has 4 heteroatoms. The molecular weight excluding hydrogens is 272 g/mol. The van der Waals surface area contributed by atoms with E-state index in [1.807, 2.05) is 18.2 Å². The molecule has 104 valence electrons. The van der Waals surface area contributed by atoms with Gasteiger partial charge in [-0.3, -0.25) is 4.79 Å². The minimum atomic E-state index is -0.696. The van der Waals surface area contributed by atoms with Crippen LogP contribution in [-0.2, 0) is 6.54 Å². The van der Waals surface area contributed by atoms with Crippen molar-refractivity contribution in [1.82, 2.24) is 4.90 Å². The van der Waals surface area contributed by atoms with Crippen molar-refractivity contribution in [2.75, 3.05) is 6.54 Å². The second-order valence-corrected chi connectivity index (χ2v) is 4.74. The average Bonchev–Trinajstić information content (AvgIpc) is 2.79. The normalized spacial score (nSPS) is 12.9. The Morgan fingerprint density at radius 3 is 2.71 bits per heavy atom. The summed E-state index contributed by atoms with van der Waals surface area (Å²) < 4.78 is 26.2. The molecule has 0 saturated carbocycles. The lowest BCUT2D eigenvalue weighted by Gasteiger charge is -2.10. The zero-order valence-corrected chi connectivity index (χ0v) is 11.1. The van der Waals surface area contributed by atoms with Crippen molar-refractivity contribution in [3.05, 3.63) is 70.8 Å². The summed E-state index contributed by atoms with van der Waals surface area (Å²) in [6, 6.07) is 10.6. The largest absolute Gasteiger partial charge is 0.323 e. The van der Waals surface area contributed by atoms with Crippen LogP contribution in [0.15, 0.2) is 42.5 Å². The Balaban J connectivity index is 1.73. The lowest BCUT2D eigenvalue weighted by Crippen LogP contribution is -2.24. The fourth-order valence-electron chi connectivity index (χ4n) is 2.26. The minimum absolute atomic E-state index is 0.0699. The van der Waals surface area contributed by atoms with Crippen LogP contribution in [0.1, 0.15) is 21.5 Å². The third-order valence-corrected chi connectivity index (χ3v) is 3.32. The molecule has 0 atom stereocenters. The summed E-state index contributed by atoms with van der Waals surface area (Å²) in [6.45, 7) is 0.722. The second kappa shape index (κ2) is 5.37. The molecule has 0 aromatic heterocycles. The molecule has 0 N–H and O–H groups in total. The quantitative estimate of drug-likeness (QED) is 0.737. The highest BCUT2D eigenvalue weighted by molar-refractivity contribution is 5.98. The molecule has 1 aliphatic rings. The van der Waals surface area contributed by atoms with E-state index in [0.717, 1.165) is 17.7 Å². The number of amides is 1. The van der Waals surface area contributed by atoms with E-state index >= 15 is 0 Å². The van der Waals surface area contributed by atoms with Crippen LogP contribution in [0.4, 0.5) is 8.78 Å². The molecule has 0 saturated heterocycles. The van der Waals surface area contributed by atoms with Gasteiger partial charge in [-0.2, -0.15) is 0 Å². The number of carbonyl (C=O) groups excluding carboxylic acids is 1. The number of halogens is 2. The van der Waals surface area contributed by atoms with Crippen LogP contribution in [0.2, 0.25) is 0 Å². The average molecular weight is 283 g/mol. The van der Waals surface area contributed by atoms with E-state index in [2.05, 4.69) is 11.8 Å². The Labute approximate surface area is 121 Å². The highest BCUT2D eigenvalue weighted by Gasteiger charge is 2.25. The van der Waals surface area contributed by atoms with Gasteiger partial charge < -0.3 is 4.90 Å². The summed E-state index contributed by atoms with van der Waals surface area (Å²) in [5.41, 5.74) is 1.78. The molecule has 3 rings (SSSR count). The zero-order chi connectivity index (χ0) is 14.8. The van der Waals surface area contributed by atoms with Crippen molar-refractivity contribution in [3.8, 4) is 11.8 Å². The van der Waals surface area contributed by atoms with Gasteiger partial charge in [-0.25, -0.2) is 8.78 Å². The van der Waals surface area contributed by atoms with Crippen LogP contribution in [0.25, 0.3) is 0 Å². The first-order valence-corrected chi connectivity index (χ1v) is 6.46. The third kappa shape index (κ3) is 2.63. The van der Waals surface area contributed by atoms with Crippen molar-refractivity contribution < 1.29 is 13.6 Å². The molecular formula is C17H11F2NO. The van der Waals surface area contributed by atoms with E-state index in [-0.39, 0.29) is 18.0 Å². The first kappa shape index (κ1) is 13.3. The topological polar surface area (TPSA) is 20.3 Å². The van der Waals surface area contributed by atoms with Gasteiger partial charge in [-0.15, -0.1) is 0 Å². The maximum absolute atomic E-state index is 13.4. The van der Waals surface area contributed by atoms with E-state index in [0.29, 0.717) is 12.1 Å². The summed E-state index contributed by atoms with van der Waals surface area (Å²) in [5, 5.41) is 0. The molecule has 1 amide bonds. The van der Waals surface area contributed by atoms with E-state index in [9.17, 15) is 13.6 Å². The molecule has 2 nitrogen and oxygen atoms in total. The Bertz CT molecular complexity index is 774. The van der Waals surface area contributed by atoms with Crippen LogP contribution >= 0.6 is 0 Å². The number of fused-ring (bicyclic) bond motifs is 1. The summed E-state index contributed by atoms with van der Waals surface area (Å²) in [6.07, 6.45) is 0. The predicted octanol–water partition coefficient (Wildman–Crippen LogP) is 2.97. The van der Waals surface area contributed by atoms with Gasteiger partial charge in [0.2, 0.25) is 0 Å². The van der Waals surface area contributed by atoms with Gasteiger partial charge >= 0.3 is 0 Å². The zero-order valence-electron chi connectivity index (χ0n) is 11.1.